The first kappa shape index (κ1) is 20.6. The zero-order valence-corrected chi connectivity index (χ0v) is 18.0. The van der Waals surface area contributed by atoms with Crippen LogP contribution in [0, 0.1) is 23.2 Å². The van der Waals surface area contributed by atoms with Crippen molar-refractivity contribution < 1.29 is 18.4 Å². The maximum absolute atomic E-state index is 13.1. The summed E-state index contributed by atoms with van der Waals surface area (Å²) in [5.41, 5.74) is 0.230. The maximum Gasteiger partial charge on any atom is 0.266 e. The summed E-state index contributed by atoms with van der Waals surface area (Å²) in [4.78, 5) is 35.6. The van der Waals surface area contributed by atoms with Gasteiger partial charge >= 0.3 is 0 Å². The van der Waals surface area contributed by atoms with Gasteiger partial charge in [0.05, 0.1) is 6.26 Å². The number of furan rings is 1. The normalized spacial score (nSPS) is 20.2. The minimum absolute atomic E-state index is 0.0434. The molecule has 2 aromatic rings. The molecule has 9 nitrogen and oxygen atoms in total. The van der Waals surface area contributed by atoms with Crippen molar-refractivity contribution in [3.05, 3.63) is 24.1 Å². The number of piperidine rings is 1. The van der Waals surface area contributed by atoms with E-state index in [0.29, 0.717) is 63.8 Å². The Morgan fingerprint density at radius 3 is 2.09 bits per heavy atom. The predicted molar refractivity (Wildman–Crippen MR) is 114 cm³/mol. The first-order valence-corrected chi connectivity index (χ1v) is 11.4. The monoisotopic (exact) mass is 437 g/mol. The van der Waals surface area contributed by atoms with Crippen LogP contribution in [0.15, 0.2) is 27.2 Å². The van der Waals surface area contributed by atoms with E-state index in [-0.39, 0.29) is 35.2 Å². The zero-order chi connectivity index (χ0) is 22.1. The van der Waals surface area contributed by atoms with Gasteiger partial charge in [-0.15, -0.1) is 0 Å². The average Bonchev–Trinajstić information content (AvgIpc) is 3.47. The molecule has 2 aromatic heterocycles. The molecule has 9 heteroatoms. The molecule has 3 fully saturated rings. The number of carbonyl (C=O) groups is 2. The number of piperazine rings is 1. The van der Waals surface area contributed by atoms with Gasteiger partial charge in [-0.25, -0.2) is 0 Å². The number of carbonyl (C=O) groups excluding carboxylic acids is 2. The topological polar surface area (TPSA) is 107 Å². The molecule has 0 unspecified atom stereocenters. The van der Waals surface area contributed by atoms with Gasteiger partial charge in [0.2, 0.25) is 23.4 Å². The van der Waals surface area contributed by atoms with Gasteiger partial charge in [-0.2, -0.15) is 10.2 Å². The molecule has 0 bridgehead atoms. The number of anilines is 1. The van der Waals surface area contributed by atoms with E-state index in [4.69, 9.17) is 8.83 Å². The molecule has 3 aliphatic rings. The molecule has 1 aliphatic carbocycles. The third-order valence-corrected chi connectivity index (χ3v) is 6.94. The lowest BCUT2D eigenvalue weighted by Gasteiger charge is -2.40. The molecular formula is C23H27N5O4. The number of amides is 2. The van der Waals surface area contributed by atoms with Crippen molar-refractivity contribution in [3.63, 3.8) is 0 Å². The highest BCUT2D eigenvalue weighted by Gasteiger charge is 2.35. The lowest BCUT2D eigenvalue weighted by Crippen LogP contribution is -2.54. The van der Waals surface area contributed by atoms with Crippen molar-refractivity contribution in [2.75, 3.05) is 44.2 Å². The summed E-state index contributed by atoms with van der Waals surface area (Å²) in [5.74, 6) is 1.82. The van der Waals surface area contributed by atoms with E-state index in [1.807, 2.05) is 14.7 Å². The highest BCUT2D eigenvalue weighted by molar-refractivity contribution is 5.81. The van der Waals surface area contributed by atoms with Gasteiger partial charge in [0.1, 0.15) is 6.07 Å². The van der Waals surface area contributed by atoms with Crippen LogP contribution in [0.4, 0.5) is 5.88 Å². The van der Waals surface area contributed by atoms with E-state index in [9.17, 15) is 14.9 Å². The molecule has 1 saturated carbocycles. The molecule has 4 heterocycles. The molecule has 168 valence electrons. The summed E-state index contributed by atoms with van der Waals surface area (Å²) in [6.45, 7) is 3.75. The highest BCUT2D eigenvalue weighted by atomic mass is 16.4. The zero-order valence-electron chi connectivity index (χ0n) is 18.0. The molecule has 0 N–H and O–H groups in total. The highest BCUT2D eigenvalue weighted by Crippen LogP contribution is 2.32. The van der Waals surface area contributed by atoms with Crippen LogP contribution in [0.5, 0.6) is 0 Å². The fourth-order valence-corrected chi connectivity index (χ4v) is 4.75. The van der Waals surface area contributed by atoms with Crippen LogP contribution in [-0.2, 0) is 9.59 Å². The van der Waals surface area contributed by atoms with E-state index >= 15 is 0 Å². The predicted octanol–water partition coefficient (Wildman–Crippen LogP) is 2.49. The Bertz CT molecular complexity index is 1000. The van der Waals surface area contributed by atoms with Gasteiger partial charge < -0.3 is 23.5 Å². The number of nitrogens with zero attached hydrogens (tertiary/aromatic N) is 5. The third-order valence-electron chi connectivity index (χ3n) is 6.94. The van der Waals surface area contributed by atoms with Crippen molar-refractivity contribution in [1.82, 2.24) is 14.8 Å². The molecule has 0 aromatic carbocycles. The van der Waals surface area contributed by atoms with Crippen LogP contribution in [-0.4, -0.2) is 65.9 Å². The molecule has 2 amide bonds. The third kappa shape index (κ3) is 3.85. The number of oxazole rings is 1. The van der Waals surface area contributed by atoms with Crippen molar-refractivity contribution >= 4 is 17.7 Å². The Kier molecular flexibility index (Phi) is 5.60. The van der Waals surface area contributed by atoms with Crippen LogP contribution in [0.2, 0.25) is 0 Å². The number of rotatable bonds is 4. The van der Waals surface area contributed by atoms with E-state index in [1.165, 1.54) is 6.26 Å². The second-order valence-electron chi connectivity index (χ2n) is 8.80. The van der Waals surface area contributed by atoms with E-state index in [2.05, 4.69) is 11.1 Å². The SMILES string of the molecule is N#Cc1nc(-c2ccco2)oc1N1CCC(C(=O)N2CCN(C(=O)C3CCC3)CC2)CC1. The van der Waals surface area contributed by atoms with Gasteiger partial charge in [0.25, 0.3) is 5.89 Å². The van der Waals surface area contributed by atoms with E-state index in [1.54, 1.807) is 12.1 Å². The largest absolute Gasteiger partial charge is 0.459 e. The van der Waals surface area contributed by atoms with Crippen molar-refractivity contribution in [3.8, 4) is 17.7 Å². The minimum atomic E-state index is -0.0434. The lowest BCUT2D eigenvalue weighted by atomic mass is 9.84. The van der Waals surface area contributed by atoms with Gasteiger partial charge in [-0.05, 0) is 37.8 Å². The Hall–Kier alpha value is -3.28. The van der Waals surface area contributed by atoms with Crippen LogP contribution >= 0.6 is 0 Å². The second kappa shape index (κ2) is 8.69. The average molecular weight is 438 g/mol. The van der Waals surface area contributed by atoms with Gasteiger partial charge in [-0.3, -0.25) is 9.59 Å². The Morgan fingerprint density at radius 1 is 0.969 bits per heavy atom. The fraction of sp³-hybridized carbons (Fsp3) is 0.565. The number of aromatic nitrogens is 1. The van der Waals surface area contributed by atoms with Crippen LogP contribution in [0.3, 0.4) is 0 Å². The van der Waals surface area contributed by atoms with Crippen LogP contribution < -0.4 is 4.90 Å². The molecule has 32 heavy (non-hydrogen) atoms. The van der Waals surface area contributed by atoms with Crippen molar-refractivity contribution in [2.24, 2.45) is 11.8 Å². The van der Waals surface area contributed by atoms with Crippen molar-refractivity contribution in [2.45, 2.75) is 32.1 Å². The summed E-state index contributed by atoms with van der Waals surface area (Å²) in [6.07, 6.45) is 6.10. The molecule has 0 atom stereocenters. The quantitative estimate of drug-likeness (QED) is 0.723. The lowest BCUT2D eigenvalue weighted by molar-refractivity contribution is -0.145. The Morgan fingerprint density at radius 2 is 1.59 bits per heavy atom. The molecule has 0 spiro atoms. The number of hydrogen-bond donors (Lipinski definition) is 0. The molecule has 5 rings (SSSR count). The van der Waals surface area contributed by atoms with Crippen LogP contribution in [0.1, 0.15) is 37.8 Å². The van der Waals surface area contributed by atoms with Crippen LogP contribution in [0.25, 0.3) is 11.7 Å². The first-order valence-electron chi connectivity index (χ1n) is 11.4. The van der Waals surface area contributed by atoms with Crippen molar-refractivity contribution in [1.29, 1.82) is 5.26 Å². The Labute approximate surface area is 186 Å². The summed E-state index contributed by atoms with van der Waals surface area (Å²) >= 11 is 0. The maximum atomic E-state index is 13.1. The molecular weight excluding hydrogens is 410 g/mol. The molecule has 0 radical (unpaired) electrons. The smallest absolute Gasteiger partial charge is 0.266 e. The van der Waals surface area contributed by atoms with Gasteiger partial charge in [0, 0.05) is 51.1 Å². The van der Waals surface area contributed by atoms with E-state index in [0.717, 1.165) is 19.3 Å². The minimum Gasteiger partial charge on any atom is -0.459 e. The van der Waals surface area contributed by atoms with Gasteiger partial charge in [0.15, 0.2) is 5.76 Å². The van der Waals surface area contributed by atoms with Gasteiger partial charge in [-0.1, -0.05) is 6.42 Å². The van der Waals surface area contributed by atoms with E-state index < -0.39 is 0 Å². The second-order valence-corrected chi connectivity index (χ2v) is 8.80. The molecule has 2 aliphatic heterocycles. The molecule has 2 saturated heterocycles. The summed E-state index contributed by atoms with van der Waals surface area (Å²) in [7, 11) is 0. The first-order chi connectivity index (χ1) is 15.6. The number of hydrogen-bond acceptors (Lipinski definition) is 7. The summed E-state index contributed by atoms with van der Waals surface area (Å²) in [6, 6.07) is 5.57. The summed E-state index contributed by atoms with van der Waals surface area (Å²) in [5, 5.41) is 9.47. The number of nitriles is 1. The Balaban J connectivity index is 1.15. The summed E-state index contributed by atoms with van der Waals surface area (Å²) < 4.78 is 11.2. The standard InChI is InChI=1S/C23H27N5O4/c24-15-18-23(32-20(25-18)19-5-2-14-31-19)28-8-6-17(7-9-28)22(30)27-12-10-26(11-13-27)21(29)16-3-1-4-16/h2,5,14,16-17H,1,3-4,6-13H2. The fourth-order valence-electron chi connectivity index (χ4n) is 4.75.